The van der Waals surface area contributed by atoms with Crippen molar-refractivity contribution in [1.82, 2.24) is 0 Å². The summed E-state index contributed by atoms with van der Waals surface area (Å²) in [5, 5.41) is 11.0. The molecule has 5 nitrogen and oxygen atoms in total. The number of rotatable bonds is 7. The summed E-state index contributed by atoms with van der Waals surface area (Å²) in [7, 11) is 0. The average molecular weight is 263 g/mol. The lowest BCUT2D eigenvalue weighted by Crippen LogP contribution is -2.17. The van der Waals surface area contributed by atoms with Gasteiger partial charge < -0.3 is 4.74 Å². The summed E-state index contributed by atoms with van der Waals surface area (Å²) < 4.78 is 5.02. The minimum atomic E-state index is -0.605. The fraction of sp³-hybridized carbons (Fsp3) is 0.357. The maximum Gasteiger partial charge on any atom is 0.313 e. The van der Waals surface area contributed by atoms with Crippen LogP contribution in [0.1, 0.15) is 31.2 Å². The van der Waals surface area contributed by atoms with Crippen LogP contribution in [0.3, 0.4) is 0 Å². The largest absolute Gasteiger partial charge is 0.461 e. The van der Waals surface area contributed by atoms with E-state index in [-0.39, 0.29) is 12.3 Å². The minimum absolute atomic E-state index is 0.0449. The first-order chi connectivity index (χ1) is 9.11. The number of ether oxygens (including phenoxy) is 1. The second kappa shape index (κ2) is 7.31. The van der Waals surface area contributed by atoms with Gasteiger partial charge in [0.05, 0.1) is 10.8 Å². The van der Waals surface area contributed by atoms with Crippen LogP contribution in [0.5, 0.6) is 0 Å². The number of nitro groups is 1. The highest BCUT2D eigenvalue weighted by atomic mass is 16.6. The smallest absolute Gasteiger partial charge is 0.313 e. The van der Waals surface area contributed by atoms with E-state index in [1.54, 1.807) is 18.2 Å². The number of carbonyl (C=O) groups is 1. The molecule has 0 aliphatic rings. The van der Waals surface area contributed by atoms with Crippen LogP contribution in [0.2, 0.25) is 0 Å². The predicted molar refractivity (Wildman–Crippen MR) is 71.9 cm³/mol. The van der Waals surface area contributed by atoms with Crippen molar-refractivity contribution in [1.29, 1.82) is 0 Å². The van der Waals surface area contributed by atoms with E-state index in [1.165, 1.54) is 12.1 Å². The normalized spacial score (nSPS) is 11.6. The summed E-state index contributed by atoms with van der Waals surface area (Å²) in [5.41, 5.74) is 0.361. The highest BCUT2D eigenvalue weighted by molar-refractivity contribution is 5.79. The molecule has 0 bridgehead atoms. The lowest BCUT2D eigenvalue weighted by atomic mass is 9.93. The summed E-state index contributed by atoms with van der Waals surface area (Å²) >= 11 is 0. The molecule has 5 heteroatoms. The lowest BCUT2D eigenvalue weighted by molar-refractivity contribution is -0.385. The van der Waals surface area contributed by atoms with Gasteiger partial charge >= 0.3 is 5.97 Å². The second-order valence-corrected chi connectivity index (χ2v) is 4.08. The molecule has 1 aromatic carbocycles. The first-order valence-corrected chi connectivity index (χ1v) is 6.12. The topological polar surface area (TPSA) is 69.4 Å². The third-order valence-electron chi connectivity index (χ3n) is 2.71. The number of nitrogens with zero attached hydrogens (tertiary/aromatic N) is 1. The van der Waals surface area contributed by atoms with E-state index in [0.29, 0.717) is 12.0 Å². The maximum atomic E-state index is 12.0. The lowest BCUT2D eigenvalue weighted by Gasteiger charge is -2.15. The molecule has 0 aromatic heterocycles. The number of hydrogen-bond donors (Lipinski definition) is 0. The Hall–Kier alpha value is -2.17. The van der Waals surface area contributed by atoms with Crippen molar-refractivity contribution in [2.24, 2.45) is 0 Å². The van der Waals surface area contributed by atoms with Crippen molar-refractivity contribution in [3.8, 4) is 0 Å². The Morgan fingerprint density at radius 2 is 2.21 bits per heavy atom. The van der Waals surface area contributed by atoms with Crippen LogP contribution in [-0.2, 0) is 9.53 Å². The highest BCUT2D eigenvalue weighted by Gasteiger charge is 2.27. The zero-order valence-electron chi connectivity index (χ0n) is 10.9. The molecule has 0 fully saturated rings. The van der Waals surface area contributed by atoms with Gasteiger partial charge in [0.2, 0.25) is 0 Å². The number of nitro benzene ring substituents is 1. The fourth-order valence-electron chi connectivity index (χ4n) is 1.88. The summed E-state index contributed by atoms with van der Waals surface area (Å²) in [6, 6.07) is 6.28. The Kier molecular flexibility index (Phi) is 5.73. The molecule has 1 rings (SSSR count). The van der Waals surface area contributed by atoms with Gasteiger partial charge in [-0.2, -0.15) is 0 Å². The molecule has 0 saturated heterocycles. The molecule has 0 aliphatic heterocycles. The van der Waals surface area contributed by atoms with E-state index in [1.807, 2.05) is 6.92 Å². The van der Waals surface area contributed by atoms with Crippen LogP contribution in [0.15, 0.2) is 36.9 Å². The monoisotopic (exact) mass is 263 g/mol. The molecule has 0 saturated carbocycles. The number of benzene rings is 1. The second-order valence-electron chi connectivity index (χ2n) is 4.08. The van der Waals surface area contributed by atoms with Crippen LogP contribution in [-0.4, -0.2) is 17.5 Å². The Labute approximate surface area is 112 Å². The van der Waals surface area contributed by atoms with Gasteiger partial charge in [-0.1, -0.05) is 44.2 Å². The molecule has 1 atom stereocenters. The van der Waals surface area contributed by atoms with Crippen molar-refractivity contribution in [2.45, 2.75) is 25.7 Å². The van der Waals surface area contributed by atoms with Crippen LogP contribution in [0, 0.1) is 10.1 Å². The predicted octanol–water partition coefficient (Wildman–Crippen LogP) is 3.21. The number of hydrogen-bond acceptors (Lipinski definition) is 4. The number of esters is 1. The third-order valence-corrected chi connectivity index (χ3v) is 2.71. The molecule has 0 aliphatic carbocycles. The van der Waals surface area contributed by atoms with Gasteiger partial charge in [-0.15, -0.1) is 0 Å². The van der Waals surface area contributed by atoms with E-state index in [2.05, 4.69) is 6.58 Å². The summed E-state index contributed by atoms with van der Waals surface area (Å²) in [5.74, 6) is -1.05. The SMILES string of the molecule is C=CCOC(=O)C(CCC)c1ccccc1[N+](=O)[O-]. The molecule has 1 aromatic rings. The molecule has 0 radical (unpaired) electrons. The van der Waals surface area contributed by atoms with E-state index in [4.69, 9.17) is 4.74 Å². The fourth-order valence-corrected chi connectivity index (χ4v) is 1.88. The number of para-hydroxylation sites is 1. The molecule has 102 valence electrons. The van der Waals surface area contributed by atoms with Gasteiger partial charge in [-0.05, 0) is 6.42 Å². The first-order valence-electron chi connectivity index (χ1n) is 6.12. The molecular formula is C14H17NO4. The van der Waals surface area contributed by atoms with E-state index in [0.717, 1.165) is 6.42 Å². The quantitative estimate of drug-likeness (QED) is 0.328. The van der Waals surface area contributed by atoms with Crippen LogP contribution in [0.4, 0.5) is 5.69 Å². The van der Waals surface area contributed by atoms with Gasteiger partial charge in [0.1, 0.15) is 6.61 Å². The van der Waals surface area contributed by atoms with Gasteiger partial charge in [0.25, 0.3) is 5.69 Å². The zero-order valence-corrected chi connectivity index (χ0v) is 10.9. The zero-order chi connectivity index (χ0) is 14.3. The van der Waals surface area contributed by atoms with Gasteiger partial charge in [0, 0.05) is 11.6 Å². The standard InChI is InChI=1S/C14H17NO4/c1-3-7-12(14(16)19-10-4-2)11-8-5-6-9-13(11)15(17)18/h4-6,8-9,12H,2-3,7,10H2,1H3. The number of carbonyl (C=O) groups excluding carboxylic acids is 1. The summed E-state index contributed by atoms with van der Waals surface area (Å²) in [6.07, 6.45) is 2.72. The molecule has 1 unspecified atom stereocenters. The van der Waals surface area contributed by atoms with E-state index >= 15 is 0 Å². The Morgan fingerprint density at radius 1 is 1.53 bits per heavy atom. The first kappa shape index (κ1) is 14.9. The van der Waals surface area contributed by atoms with Gasteiger partial charge in [-0.3, -0.25) is 14.9 Å². The summed E-state index contributed by atoms with van der Waals surface area (Å²) in [6.45, 7) is 5.50. The van der Waals surface area contributed by atoms with Crippen molar-refractivity contribution in [2.75, 3.05) is 6.61 Å². The van der Waals surface area contributed by atoms with Crippen molar-refractivity contribution in [3.05, 3.63) is 52.6 Å². The minimum Gasteiger partial charge on any atom is -0.461 e. The average Bonchev–Trinajstić information content (AvgIpc) is 2.42. The van der Waals surface area contributed by atoms with E-state index < -0.39 is 16.8 Å². The van der Waals surface area contributed by atoms with Gasteiger partial charge in [0.15, 0.2) is 0 Å². The highest BCUT2D eigenvalue weighted by Crippen LogP contribution is 2.30. The molecule has 0 N–H and O–H groups in total. The molecule has 0 heterocycles. The Bertz CT molecular complexity index is 470. The molecular weight excluding hydrogens is 246 g/mol. The van der Waals surface area contributed by atoms with Crippen molar-refractivity contribution in [3.63, 3.8) is 0 Å². The van der Waals surface area contributed by atoms with Crippen LogP contribution < -0.4 is 0 Å². The van der Waals surface area contributed by atoms with E-state index in [9.17, 15) is 14.9 Å². The van der Waals surface area contributed by atoms with Crippen molar-refractivity contribution >= 4 is 11.7 Å². The molecule has 0 amide bonds. The Balaban J connectivity index is 3.08. The Morgan fingerprint density at radius 3 is 2.79 bits per heavy atom. The summed E-state index contributed by atoms with van der Waals surface area (Å²) in [4.78, 5) is 22.5. The van der Waals surface area contributed by atoms with Gasteiger partial charge in [-0.25, -0.2) is 0 Å². The van der Waals surface area contributed by atoms with Crippen LogP contribution in [0.25, 0.3) is 0 Å². The van der Waals surface area contributed by atoms with Crippen LogP contribution >= 0.6 is 0 Å². The maximum absolute atomic E-state index is 12.0. The third kappa shape index (κ3) is 3.91. The molecule has 0 spiro atoms. The van der Waals surface area contributed by atoms with Crippen molar-refractivity contribution < 1.29 is 14.5 Å². The molecule has 19 heavy (non-hydrogen) atoms.